The third kappa shape index (κ3) is 6.77. The normalized spacial score (nSPS) is 14.0. The van der Waals surface area contributed by atoms with Gasteiger partial charge in [-0.05, 0) is 37.5 Å². The highest BCUT2D eigenvalue weighted by Gasteiger charge is 2.29. The Morgan fingerprint density at radius 3 is 2.57 bits per heavy atom. The van der Waals surface area contributed by atoms with E-state index in [1.807, 2.05) is 0 Å². The Balaban J connectivity index is 2.77. The third-order valence-electron chi connectivity index (χ3n) is 3.28. The number of benzene rings is 1. The molecule has 8 heteroatoms. The summed E-state index contributed by atoms with van der Waals surface area (Å²) in [6.07, 6.45) is -4.46. The summed E-state index contributed by atoms with van der Waals surface area (Å²) in [4.78, 5) is 11.9. The molecule has 0 aliphatic rings. The van der Waals surface area contributed by atoms with Gasteiger partial charge < -0.3 is 20.5 Å². The van der Waals surface area contributed by atoms with Gasteiger partial charge in [-0.1, -0.05) is 13.0 Å². The molecule has 5 nitrogen and oxygen atoms in total. The SMILES string of the molecule is Cc1ccc(NC(=O)N[C@@H](C)[C@@H](C)CO)c(OCC(F)(F)F)c1. The van der Waals surface area contributed by atoms with Crippen LogP contribution in [-0.4, -0.2) is 36.6 Å². The van der Waals surface area contributed by atoms with Crippen molar-refractivity contribution in [3.8, 4) is 5.75 Å². The lowest BCUT2D eigenvalue weighted by Gasteiger charge is -2.20. The van der Waals surface area contributed by atoms with Crippen molar-refractivity contribution in [2.45, 2.75) is 33.0 Å². The number of amides is 2. The molecule has 0 aliphatic heterocycles. The molecule has 0 heterocycles. The van der Waals surface area contributed by atoms with E-state index in [1.54, 1.807) is 26.8 Å². The number of aliphatic hydroxyl groups excluding tert-OH is 1. The summed E-state index contributed by atoms with van der Waals surface area (Å²) in [5.41, 5.74) is 0.844. The predicted octanol–water partition coefficient (Wildman–Crippen LogP) is 3.07. The van der Waals surface area contributed by atoms with Crippen LogP contribution in [0.15, 0.2) is 18.2 Å². The van der Waals surface area contributed by atoms with Crippen LogP contribution in [0.5, 0.6) is 5.75 Å². The number of hydrogen-bond donors (Lipinski definition) is 3. The number of anilines is 1. The first-order chi connectivity index (χ1) is 10.6. The number of carbonyl (C=O) groups excluding carboxylic acids is 1. The van der Waals surface area contributed by atoms with Gasteiger partial charge in [0.1, 0.15) is 5.75 Å². The average molecular weight is 334 g/mol. The predicted molar refractivity (Wildman–Crippen MR) is 80.6 cm³/mol. The summed E-state index contributed by atoms with van der Waals surface area (Å²) in [5, 5.41) is 14.1. The van der Waals surface area contributed by atoms with Gasteiger partial charge in [0.05, 0.1) is 5.69 Å². The number of ether oxygens (including phenoxy) is 1. The first-order valence-electron chi connectivity index (χ1n) is 7.11. The van der Waals surface area contributed by atoms with Crippen LogP contribution in [0.25, 0.3) is 0 Å². The van der Waals surface area contributed by atoms with E-state index in [1.165, 1.54) is 12.1 Å². The standard InChI is InChI=1S/C15H21F3N2O3/c1-9-4-5-12(13(6-9)23-8-15(16,17)18)20-14(22)19-11(3)10(2)7-21/h4-6,10-11,21H,7-8H2,1-3H3,(H2,19,20,22)/t10-,11-/m0/s1. The van der Waals surface area contributed by atoms with E-state index < -0.39 is 18.8 Å². The lowest BCUT2D eigenvalue weighted by atomic mass is 10.1. The number of nitrogens with one attached hydrogen (secondary N) is 2. The zero-order valence-electron chi connectivity index (χ0n) is 13.2. The molecule has 0 unspecified atom stereocenters. The van der Waals surface area contributed by atoms with Crippen molar-refractivity contribution < 1.29 is 27.8 Å². The van der Waals surface area contributed by atoms with Crippen molar-refractivity contribution in [2.24, 2.45) is 5.92 Å². The molecule has 0 saturated carbocycles. The zero-order valence-corrected chi connectivity index (χ0v) is 13.2. The first kappa shape index (κ1) is 19.1. The molecule has 2 amide bonds. The summed E-state index contributed by atoms with van der Waals surface area (Å²) in [5.74, 6) is -0.208. The van der Waals surface area contributed by atoms with Gasteiger partial charge >= 0.3 is 12.2 Å². The van der Waals surface area contributed by atoms with Gasteiger partial charge in [0.2, 0.25) is 0 Å². The monoisotopic (exact) mass is 334 g/mol. The molecule has 3 N–H and O–H groups in total. The van der Waals surface area contributed by atoms with Crippen molar-refractivity contribution in [3.05, 3.63) is 23.8 Å². The van der Waals surface area contributed by atoms with E-state index in [9.17, 15) is 18.0 Å². The number of aliphatic hydroxyl groups is 1. The van der Waals surface area contributed by atoms with Crippen LogP contribution in [0.2, 0.25) is 0 Å². The van der Waals surface area contributed by atoms with Gasteiger partial charge in [-0.3, -0.25) is 0 Å². The molecule has 0 spiro atoms. The lowest BCUT2D eigenvalue weighted by Crippen LogP contribution is -2.40. The Labute approximate surface area is 132 Å². The number of hydrogen-bond acceptors (Lipinski definition) is 3. The van der Waals surface area contributed by atoms with Crippen LogP contribution in [0, 0.1) is 12.8 Å². The second-order valence-corrected chi connectivity index (χ2v) is 5.45. The van der Waals surface area contributed by atoms with E-state index in [0.717, 1.165) is 0 Å². The molecule has 1 aromatic rings. The molecule has 2 atom stereocenters. The van der Waals surface area contributed by atoms with Gasteiger partial charge in [-0.25, -0.2) is 4.79 Å². The molecule has 0 aromatic heterocycles. The smallest absolute Gasteiger partial charge is 0.422 e. The fourth-order valence-corrected chi connectivity index (χ4v) is 1.68. The van der Waals surface area contributed by atoms with Crippen molar-refractivity contribution in [3.63, 3.8) is 0 Å². The molecule has 1 rings (SSSR count). The maximum Gasteiger partial charge on any atom is 0.422 e. The molecular weight excluding hydrogens is 313 g/mol. The Morgan fingerprint density at radius 2 is 2.00 bits per heavy atom. The minimum absolute atomic E-state index is 0.0552. The largest absolute Gasteiger partial charge is 0.482 e. The minimum Gasteiger partial charge on any atom is -0.482 e. The third-order valence-corrected chi connectivity index (χ3v) is 3.28. The molecule has 1 aromatic carbocycles. The highest BCUT2D eigenvalue weighted by atomic mass is 19.4. The number of urea groups is 1. The van der Waals surface area contributed by atoms with Crippen LogP contribution >= 0.6 is 0 Å². The van der Waals surface area contributed by atoms with Gasteiger partial charge in [-0.2, -0.15) is 13.2 Å². The maximum absolute atomic E-state index is 12.3. The first-order valence-corrected chi connectivity index (χ1v) is 7.11. The van der Waals surface area contributed by atoms with Gasteiger partial charge in [0, 0.05) is 12.6 Å². The molecule has 0 saturated heterocycles. The zero-order chi connectivity index (χ0) is 17.6. The fraction of sp³-hybridized carbons (Fsp3) is 0.533. The number of aryl methyl sites for hydroxylation is 1. The number of carbonyl (C=O) groups is 1. The quantitative estimate of drug-likeness (QED) is 0.749. The van der Waals surface area contributed by atoms with E-state index in [2.05, 4.69) is 10.6 Å². The molecule has 0 aliphatic carbocycles. The summed E-state index contributed by atoms with van der Waals surface area (Å²) in [6, 6.07) is 3.65. The van der Waals surface area contributed by atoms with E-state index in [4.69, 9.17) is 9.84 Å². The van der Waals surface area contributed by atoms with Crippen molar-refractivity contribution in [1.82, 2.24) is 5.32 Å². The lowest BCUT2D eigenvalue weighted by molar-refractivity contribution is -0.153. The van der Waals surface area contributed by atoms with Crippen LogP contribution in [0.4, 0.5) is 23.7 Å². The van der Waals surface area contributed by atoms with E-state index in [-0.39, 0.29) is 30.0 Å². The minimum atomic E-state index is -4.46. The Morgan fingerprint density at radius 1 is 1.35 bits per heavy atom. The highest BCUT2D eigenvalue weighted by molar-refractivity contribution is 5.91. The Bertz CT molecular complexity index is 535. The second kappa shape index (κ2) is 8.05. The Hall–Kier alpha value is -1.96. The number of halogens is 3. The Kier molecular flexibility index (Phi) is 6.68. The van der Waals surface area contributed by atoms with Crippen LogP contribution in [-0.2, 0) is 0 Å². The van der Waals surface area contributed by atoms with Crippen LogP contribution in [0.1, 0.15) is 19.4 Å². The van der Waals surface area contributed by atoms with E-state index in [0.29, 0.717) is 5.56 Å². The van der Waals surface area contributed by atoms with Crippen molar-refractivity contribution in [2.75, 3.05) is 18.5 Å². The van der Waals surface area contributed by atoms with Gasteiger partial charge in [0.25, 0.3) is 0 Å². The van der Waals surface area contributed by atoms with Gasteiger partial charge in [0.15, 0.2) is 6.61 Å². The maximum atomic E-state index is 12.3. The molecule has 0 fully saturated rings. The number of alkyl halides is 3. The van der Waals surface area contributed by atoms with E-state index >= 15 is 0 Å². The fourth-order valence-electron chi connectivity index (χ4n) is 1.68. The summed E-state index contributed by atoms with van der Waals surface area (Å²) >= 11 is 0. The topological polar surface area (TPSA) is 70.6 Å². The molecule has 0 bridgehead atoms. The summed E-state index contributed by atoms with van der Waals surface area (Å²) in [7, 11) is 0. The van der Waals surface area contributed by atoms with Crippen LogP contribution < -0.4 is 15.4 Å². The highest BCUT2D eigenvalue weighted by Crippen LogP contribution is 2.27. The molecule has 23 heavy (non-hydrogen) atoms. The van der Waals surface area contributed by atoms with Gasteiger partial charge in [-0.15, -0.1) is 0 Å². The summed E-state index contributed by atoms with van der Waals surface area (Å²) in [6.45, 7) is 3.65. The molecule has 0 radical (unpaired) electrons. The number of rotatable bonds is 6. The second-order valence-electron chi connectivity index (χ2n) is 5.45. The molecular formula is C15H21F3N2O3. The van der Waals surface area contributed by atoms with Crippen molar-refractivity contribution in [1.29, 1.82) is 0 Å². The summed E-state index contributed by atoms with van der Waals surface area (Å²) < 4.78 is 41.6. The average Bonchev–Trinajstić information content (AvgIpc) is 2.45. The molecule has 130 valence electrons. The van der Waals surface area contributed by atoms with Crippen LogP contribution in [0.3, 0.4) is 0 Å². The van der Waals surface area contributed by atoms with Crippen molar-refractivity contribution >= 4 is 11.7 Å².